The van der Waals surface area contributed by atoms with Gasteiger partial charge in [0.05, 0.1) is 12.0 Å². The second-order valence-corrected chi connectivity index (χ2v) is 5.66. The minimum Gasteiger partial charge on any atom is -0.337 e. The SMILES string of the molecule is Cn1ccnc1-c1ccc(C(=O)N2CCCC(C#N)C2)cc1. The van der Waals surface area contributed by atoms with Crippen LogP contribution in [-0.4, -0.2) is 33.4 Å². The van der Waals surface area contributed by atoms with Crippen LogP contribution in [-0.2, 0) is 7.05 Å². The number of rotatable bonds is 2. The quantitative estimate of drug-likeness (QED) is 0.854. The van der Waals surface area contributed by atoms with E-state index in [1.807, 2.05) is 42.1 Å². The third-order valence-electron chi connectivity index (χ3n) is 4.10. The van der Waals surface area contributed by atoms with Gasteiger partial charge in [-0.2, -0.15) is 5.26 Å². The Bertz CT molecular complexity index is 711. The van der Waals surface area contributed by atoms with E-state index < -0.39 is 0 Å². The molecule has 2 heterocycles. The van der Waals surface area contributed by atoms with Gasteiger partial charge in [-0.1, -0.05) is 12.1 Å². The first-order chi connectivity index (χ1) is 10.7. The molecular weight excluding hydrogens is 276 g/mol. The van der Waals surface area contributed by atoms with Crippen LogP contribution < -0.4 is 0 Å². The summed E-state index contributed by atoms with van der Waals surface area (Å²) in [5, 5.41) is 9.03. The number of hydrogen-bond acceptors (Lipinski definition) is 3. The molecule has 1 unspecified atom stereocenters. The van der Waals surface area contributed by atoms with Crippen LogP contribution in [0.5, 0.6) is 0 Å². The molecule has 1 aliphatic heterocycles. The lowest BCUT2D eigenvalue weighted by atomic mass is 9.99. The average molecular weight is 294 g/mol. The number of nitriles is 1. The first-order valence-corrected chi connectivity index (χ1v) is 7.45. The van der Waals surface area contributed by atoms with Gasteiger partial charge in [0.2, 0.25) is 0 Å². The van der Waals surface area contributed by atoms with Crippen LogP contribution in [0.4, 0.5) is 0 Å². The predicted octanol–water partition coefficient (Wildman–Crippen LogP) is 2.46. The molecule has 5 heteroatoms. The van der Waals surface area contributed by atoms with E-state index in [2.05, 4.69) is 11.1 Å². The highest BCUT2D eigenvalue weighted by Gasteiger charge is 2.24. The van der Waals surface area contributed by atoms with Gasteiger partial charge in [0.25, 0.3) is 5.91 Å². The van der Waals surface area contributed by atoms with Crippen LogP contribution in [0.1, 0.15) is 23.2 Å². The summed E-state index contributed by atoms with van der Waals surface area (Å²) < 4.78 is 1.94. The Hall–Kier alpha value is -2.61. The molecule has 0 spiro atoms. The van der Waals surface area contributed by atoms with E-state index in [9.17, 15) is 4.79 Å². The molecule has 1 aromatic carbocycles. The lowest BCUT2D eigenvalue weighted by Gasteiger charge is -2.29. The number of carbonyl (C=O) groups excluding carboxylic acids is 1. The van der Waals surface area contributed by atoms with Gasteiger partial charge in [-0.3, -0.25) is 4.79 Å². The molecule has 1 atom stereocenters. The second-order valence-electron chi connectivity index (χ2n) is 5.66. The van der Waals surface area contributed by atoms with Gasteiger partial charge in [-0.05, 0) is 25.0 Å². The van der Waals surface area contributed by atoms with Crippen molar-refractivity contribution in [2.75, 3.05) is 13.1 Å². The number of amides is 1. The molecule has 2 aromatic rings. The van der Waals surface area contributed by atoms with Crippen LogP contribution >= 0.6 is 0 Å². The summed E-state index contributed by atoms with van der Waals surface area (Å²) >= 11 is 0. The number of benzene rings is 1. The Morgan fingerprint density at radius 2 is 2.14 bits per heavy atom. The van der Waals surface area contributed by atoms with Crippen LogP contribution in [0.15, 0.2) is 36.7 Å². The van der Waals surface area contributed by atoms with Crippen LogP contribution in [0.25, 0.3) is 11.4 Å². The smallest absolute Gasteiger partial charge is 0.253 e. The topological polar surface area (TPSA) is 61.9 Å². The maximum atomic E-state index is 12.5. The van der Waals surface area contributed by atoms with Gasteiger partial charge in [-0.15, -0.1) is 0 Å². The number of hydrogen-bond donors (Lipinski definition) is 0. The highest BCUT2D eigenvalue weighted by atomic mass is 16.2. The Balaban J connectivity index is 1.77. The largest absolute Gasteiger partial charge is 0.337 e. The molecule has 0 saturated carbocycles. The number of aromatic nitrogens is 2. The van der Waals surface area contributed by atoms with Crippen LogP contribution in [0.2, 0.25) is 0 Å². The maximum absolute atomic E-state index is 12.5. The summed E-state index contributed by atoms with van der Waals surface area (Å²) in [4.78, 5) is 18.6. The van der Waals surface area contributed by atoms with E-state index >= 15 is 0 Å². The maximum Gasteiger partial charge on any atom is 0.253 e. The monoisotopic (exact) mass is 294 g/mol. The van der Waals surface area contributed by atoms with Crippen molar-refractivity contribution in [3.05, 3.63) is 42.2 Å². The molecule has 0 bridgehead atoms. The zero-order chi connectivity index (χ0) is 15.5. The third kappa shape index (κ3) is 2.73. The number of nitrogens with zero attached hydrogens (tertiary/aromatic N) is 4. The van der Waals surface area contributed by atoms with Gasteiger partial charge in [0.15, 0.2) is 0 Å². The summed E-state index contributed by atoms with van der Waals surface area (Å²) in [6.45, 7) is 1.27. The molecule has 1 aromatic heterocycles. The van der Waals surface area contributed by atoms with Gasteiger partial charge in [0, 0.05) is 43.7 Å². The summed E-state index contributed by atoms with van der Waals surface area (Å²) in [7, 11) is 1.94. The Morgan fingerprint density at radius 3 is 2.77 bits per heavy atom. The standard InChI is InChI=1S/C17H18N4O/c1-20-10-8-19-16(20)14-4-6-15(7-5-14)17(22)21-9-2-3-13(11-18)12-21/h4-8,10,13H,2-3,9,12H2,1H3. The van der Waals surface area contributed by atoms with Crippen molar-refractivity contribution in [3.8, 4) is 17.5 Å². The molecule has 0 N–H and O–H groups in total. The van der Waals surface area contributed by atoms with Crippen LogP contribution in [0, 0.1) is 17.2 Å². The van der Waals surface area contributed by atoms with Crippen molar-refractivity contribution < 1.29 is 4.79 Å². The van der Waals surface area contributed by atoms with E-state index in [0.29, 0.717) is 12.1 Å². The molecule has 112 valence electrons. The Labute approximate surface area is 129 Å². The van der Waals surface area contributed by atoms with Crippen molar-refractivity contribution in [1.82, 2.24) is 14.5 Å². The van der Waals surface area contributed by atoms with Gasteiger partial charge >= 0.3 is 0 Å². The summed E-state index contributed by atoms with van der Waals surface area (Å²) in [5.41, 5.74) is 1.65. The van der Waals surface area contributed by atoms with E-state index in [1.54, 1.807) is 11.1 Å². The van der Waals surface area contributed by atoms with Crippen molar-refractivity contribution in [1.29, 1.82) is 5.26 Å². The molecule has 1 amide bonds. The van der Waals surface area contributed by atoms with Gasteiger partial charge in [0.1, 0.15) is 5.82 Å². The van der Waals surface area contributed by atoms with E-state index in [4.69, 9.17) is 5.26 Å². The summed E-state index contributed by atoms with van der Waals surface area (Å²) in [5.74, 6) is 0.845. The number of likely N-dealkylation sites (tertiary alicyclic amines) is 1. The van der Waals surface area contributed by atoms with E-state index in [0.717, 1.165) is 30.8 Å². The fourth-order valence-electron chi connectivity index (χ4n) is 2.86. The molecule has 3 rings (SSSR count). The van der Waals surface area contributed by atoms with Crippen molar-refractivity contribution in [2.45, 2.75) is 12.8 Å². The molecule has 5 nitrogen and oxygen atoms in total. The normalized spacial score (nSPS) is 18.0. The molecule has 1 saturated heterocycles. The first kappa shape index (κ1) is 14.3. The van der Waals surface area contributed by atoms with E-state index in [1.165, 1.54) is 0 Å². The number of piperidine rings is 1. The molecule has 0 aliphatic carbocycles. The molecule has 22 heavy (non-hydrogen) atoms. The number of imidazole rings is 1. The number of aryl methyl sites for hydroxylation is 1. The fourth-order valence-corrected chi connectivity index (χ4v) is 2.86. The zero-order valence-electron chi connectivity index (χ0n) is 12.6. The minimum absolute atomic E-state index is 0.00587. The highest BCUT2D eigenvalue weighted by Crippen LogP contribution is 2.20. The van der Waals surface area contributed by atoms with Crippen LogP contribution in [0.3, 0.4) is 0 Å². The predicted molar refractivity (Wildman–Crippen MR) is 82.9 cm³/mol. The average Bonchev–Trinajstić information content (AvgIpc) is 3.00. The Kier molecular flexibility index (Phi) is 3.92. The third-order valence-corrected chi connectivity index (χ3v) is 4.10. The van der Waals surface area contributed by atoms with E-state index in [-0.39, 0.29) is 11.8 Å². The number of carbonyl (C=O) groups is 1. The molecule has 1 fully saturated rings. The summed E-state index contributed by atoms with van der Waals surface area (Å²) in [6.07, 6.45) is 5.43. The second kappa shape index (κ2) is 6.02. The molecule has 0 radical (unpaired) electrons. The molecule has 1 aliphatic rings. The van der Waals surface area contributed by atoms with Gasteiger partial charge < -0.3 is 9.47 Å². The minimum atomic E-state index is -0.0375. The fraction of sp³-hybridized carbons (Fsp3) is 0.353. The van der Waals surface area contributed by atoms with Crippen molar-refractivity contribution in [3.63, 3.8) is 0 Å². The van der Waals surface area contributed by atoms with Crippen molar-refractivity contribution >= 4 is 5.91 Å². The zero-order valence-corrected chi connectivity index (χ0v) is 12.6. The Morgan fingerprint density at radius 1 is 1.36 bits per heavy atom. The lowest BCUT2D eigenvalue weighted by molar-refractivity contribution is 0.0699. The highest BCUT2D eigenvalue weighted by molar-refractivity contribution is 5.94. The molecular formula is C17H18N4O. The van der Waals surface area contributed by atoms with Crippen molar-refractivity contribution in [2.24, 2.45) is 13.0 Å². The summed E-state index contributed by atoms with van der Waals surface area (Å²) in [6, 6.07) is 9.78. The van der Waals surface area contributed by atoms with Gasteiger partial charge in [-0.25, -0.2) is 4.98 Å². The first-order valence-electron chi connectivity index (χ1n) is 7.45. The lowest BCUT2D eigenvalue weighted by Crippen LogP contribution is -2.39.